The van der Waals surface area contributed by atoms with Crippen molar-refractivity contribution >= 4 is 17.8 Å². The first-order chi connectivity index (χ1) is 12.1. The molecule has 0 unspecified atom stereocenters. The van der Waals surface area contributed by atoms with Gasteiger partial charge in [0.05, 0.1) is 13.2 Å². The Morgan fingerprint density at radius 1 is 1.12 bits per heavy atom. The van der Waals surface area contributed by atoms with Gasteiger partial charge < -0.3 is 14.8 Å². The van der Waals surface area contributed by atoms with Gasteiger partial charge >= 0.3 is 11.9 Å². The highest BCUT2D eigenvalue weighted by atomic mass is 16.6. The standard InChI is InChI=1S/C18H21N3O4/c1-4-24-17(22)14(18(23)25-5-2)11-19-16-15(12(3)20-21-16)13-9-7-6-8-10-13/h6-11H,4-5H2,1-3H3,(H2,19,20,21). The summed E-state index contributed by atoms with van der Waals surface area (Å²) >= 11 is 0. The number of rotatable bonds is 7. The Kier molecular flexibility index (Phi) is 6.33. The molecule has 1 aromatic carbocycles. The molecule has 0 amide bonds. The lowest BCUT2D eigenvalue weighted by Gasteiger charge is -2.08. The summed E-state index contributed by atoms with van der Waals surface area (Å²) < 4.78 is 9.81. The van der Waals surface area contributed by atoms with E-state index in [4.69, 9.17) is 9.47 Å². The van der Waals surface area contributed by atoms with E-state index in [1.54, 1.807) is 13.8 Å². The van der Waals surface area contributed by atoms with E-state index in [1.165, 1.54) is 6.20 Å². The maximum atomic E-state index is 12.0. The van der Waals surface area contributed by atoms with Gasteiger partial charge in [0.1, 0.15) is 0 Å². The number of hydrogen-bond acceptors (Lipinski definition) is 6. The topological polar surface area (TPSA) is 93.3 Å². The number of H-pyrrole nitrogens is 1. The molecule has 0 saturated heterocycles. The average molecular weight is 343 g/mol. The number of aromatic amines is 1. The van der Waals surface area contributed by atoms with Crippen molar-refractivity contribution in [2.75, 3.05) is 18.5 Å². The van der Waals surface area contributed by atoms with Crippen LogP contribution in [0.5, 0.6) is 0 Å². The van der Waals surface area contributed by atoms with Crippen LogP contribution in [0.4, 0.5) is 5.82 Å². The molecule has 0 aliphatic rings. The normalized spacial score (nSPS) is 10.0. The zero-order valence-corrected chi connectivity index (χ0v) is 14.5. The zero-order valence-electron chi connectivity index (χ0n) is 14.5. The largest absolute Gasteiger partial charge is 0.462 e. The molecule has 0 fully saturated rings. The first-order valence-electron chi connectivity index (χ1n) is 7.99. The van der Waals surface area contributed by atoms with Crippen LogP contribution in [0.3, 0.4) is 0 Å². The molecule has 7 nitrogen and oxygen atoms in total. The average Bonchev–Trinajstić information content (AvgIpc) is 2.97. The number of hydrogen-bond donors (Lipinski definition) is 2. The van der Waals surface area contributed by atoms with Gasteiger partial charge in [-0.05, 0) is 26.3 Å². The van der Waals surface area contributed by atoms with Gasteiger partial charge in [-0.25, -0.2) is 9.59 Å². The number of carbonyl (C=O) groups is 2. The molecule has 1 heterocycles. The van der Waals surface area contributed by atoms with Crippen molar-refractivity contribution < 1.29 is 19.1 Å². The van der Waals surface area contributed by atoms with Gasteiger partial charge in [-0.15, -0.1) is 0 Å². The molecule has 0 spiro atoms. The first-order valence-corrected chi connectivity index (χ1v) is 7.99. The number of ether oxygens (including phenoxy) is 2. The molecule has 0 radical (unpaired) electrons. The molecule has 25 heavy (non-hydrogen) atoms. The fourth-order valence-corrected chi connectivity index (χ4v) is 2.25. The van der Waals surface area contributed by atoms with Gasteiger partial charge in [-0.2, -0.15) is 5.10 Å². The summed E-state index contributed by atoms with van der Waals surface area (Å²) in [7, 11) is 0. The van der Waals surface area contributed by atoms with Gasteiger partial charge in [0.25, 0.3) is 0 Å². The van der Waals surface area contributed by atoms with Crippen molar-refractivity contribution in [1.29, 1.82) is 0 Å². The number of aromatic nitrogens is 2. The summed E-state index contributed by atoms with van der Waals surface area (Å²) in [4.78, 5) is 24.0. The summed E-state index contributed by atoms with van der Waals surface area (Å²) in [6, 6.07) is 9.66. The second-order valence-electron chi connectivity index (χ2n) is 5.08. The van der Waals surface area contributed by atoms with Crippen molar-refractivity contribution in [2.24, 2.45) is 0 Å². The van der Waals surface area contributed by atoms with Crippen LogP contribution >= 0.6 is 0 Å². The molecule has 0 aliphatic carbocycles. The number of aryl methyl sites for hydroxylation is 1. The second kappa shape index (κ2) is 8.68. The van der Waals surface area contributed by atoms with Crippen molar-refractivity contribution in [2.45, 2.75) is 20.8 Å². The Labute approximate surface area is 146 Å². The van der Waals surface area contributed by atoms with E-state index < -0.39 is 11.9 Å². The second-order valence-corrected chi connectivity index (χ2v) is 5.08. The maximum absolute atomic E-state index is 12.0. The van der Waals surface area contributed by atoms with E-state index in [1.807, 2.05) is 37.3 Å². The van der Waals surface area contributed by atoms with E-state index in [9.17, 15) is 9.59 Å². The lowest BCUT2D eigenvalue weighted by molar-refractivity contribution is -0.146. The molecule has 132 valence electrons. The Morgan fingerprint density at radius 2 is 1.72 bits per heavy atom. The van der Waals surface area contributed by atoms with Crippen LogP contribution in [0.15, 0.2) is 42.1 Å². The Morgan fingerprint density at radius 3 is 2.28 bits per heavy atom. The van der Waals surface area contributed by atoms with Crippen LogP contribution in [0.1, 0.15) is 19.5 Å². The third-order valence-corrected chi connectivity index (χ3v) is 3.35. The number of esters is 2. The molecule has 0 bridgehead atoms. The molecule has 2 rings (SSSR count). The summed E-state index contributed by atoms with van der Waals surface area (Å²) in [5.41, 5.74) is 2.45. The highest BCUT2D eigenvalue weighted by Crippen LogP contribution is 2.29. The maximum Gasteiger partial charge on any atom is 0.347 e. The third-order valence-electron chi connectivity index (χ3n) is 3.35. The lowest BCUT2D eigenvalue weighted by atomic mass is 10.1. The lowest BCUT2D eigenvalue weighted by Crippen LogP contribution is -2.19. The first kappa shape index (κ1) is 18.3. The molecule has 0 atom stereocenters. The Balaban J connectivity index is 2.32. The molecule has 2 N–H and O–H groups in total. The summed E-state index contributed by atoms with van der Waals surface area (Å²) in [6.45, 7) is 5.54. The van der Waals surface area contributed by atoms with E-state index in [-0.39, 0.29) is 18.8 Å². The highest BCUT2D eigenvalue weighted by molar-refractivity contribution is 6.14. The van der Waals surface area contributed by atoms with E-state index >= 15 is 0 Å². The number of nitrogens with one attached hydrogen (secondary N) is 2. The van der Waals surface area contributed by atoms with Crippen molar-refractivity contribution in [3.05, 3.63) is 47.8 Å². The molecule has 1 aromatic heterocycles. The molecule has 0 aliphatic heterocycles. The quantitative estimate of drug-likeness (QED) is 0.347. The number of anilines is 1. The Hall–Kier alpha value is -3.09. The van der Waals surface area contributed by atoms with Crippen LogP contribution in [-0.4, -0.2) is 35.3 Å². The predicted octanol–water partition coefficient (Wildman–Crippen LogP) is 2.81. The van der Waals surface area contributed by atoms with Crippen LogP contribution < -0.4 is 5.32 Å². The van der Waals surface area contributed by atoms with Crippen molar-refractivity contribution in [3.63, 3.8) is 0 Å². The van der Waals surface area contributed by atoms with Gasteiger partial charge in [-0.1, -0.05) is 30.3 Å². The summed E-state index contributed by atoms with van der Waals surface area (Å²) in [6.07, 6.45) is 1.26. The minimum absolute atomic E-state index is 0.159. The fraction of sp³-hybridized carbons (Fsp3) is 0.278. The van der Waals surface area contributed by atoms with E-state index in [0.717, 1.165) is 16.8 Å². The summed E-state index contributed by atoms with van der Waals surface area (Å²) in [5, 5.41) is 9.99. The van der Waals surface area contributed by atoms with Gasteiger partial charge in [0.15, 0.2) is 11.4 Å². The number of nitrogens with zero attached hydrogens (tertiary/aromatic N) is 1. The van der Waals surface area contributed by atoms with Crippen molar-refractivity contribution in [1.82, 2.24) is 10.2 Å². The van der Waals surface area contributed by atoms with Crippen LogP contribution in [0.2, 0.25) is 0 Å². The van der Waals surface area contributed by atoms with Crippen LogP contribution in [0, 0.1) is 6.92 Å². The SMILES string of the molecule is CCOC(=O)C(=CNc1n[nH]c(C)c1-c1ccccc1)C(=O)OCC. The number of carbonyl (C=O) groups excluding carboxylic acids is 2. The zero-order chi connectivity index (χ0) is 18.2. The van der Waals surface area contributed by atoms with E-state index in [0.29, 0.717) is 5.82 Å². The van der Waals surface area contributed by atoms with Gasteiger partial charge in [0.2, 0.25) is 0 Å². The molecule has 7 heteroatoms. The third kappa shape index (κ3) is 4.47. The predicted molar refractivity (Wildman–Crippen MR) is 93.7 cm³/mol. The molecular weight excluding hydrogens is 322 g/mol. The van der Waals surface area contributed by atoms with Crippen LogP contribution in [0.25, 0.3) is 11.1 Å². The fourth-order valence-electron chi connectivity index (χ4n) is 2.25. The molecule has 2 aromatic rings. The minimum atomic E-state index is -0.748. The summed E-state index contributed by atoms with van der Waals surface area (Å²) in [5.74, 6) is -1.00. The minimum Gasteiger partial charge on any atom is -0.462 e. The van der Waals surface area contributed by atoms with Gasteiger partial charge in [-0.3, -0.25) is 5.10 Å². The Bertz CT molecular complexity index is 746. The van der Waals surface area contributed by atoms with Crippen LogP contribution in [-0.2, 0) is 19.1 Å². The van der Waals surface area contributed by atoms with Gasteiger partial charge in [0, 0.05) is 17.5 Å². The van der Waals surface area contributed by atoms with E-state index in [2.05, 4.69) is 15.5 Å². The molecular formula is C18H21N3O4. The molecule has 0 saturated carbocycles. The highest BCUT2D eigenvalue weighted by Gasteiger charge is 2.21. The number of benzene rings is 1. The monoisotopic (exact) mass is 343 g/mol. The van der Waals surface area contributed by atoms with Crippen molar-refractivity contribution in [3.8, 4) is 11.1 Å². The smallest absolute Gasteiger partial charge is 0.347 e.